The molecule has 0 saturated carbocycles. The summed E-state index contributed by atoms with van der Waals surface area (Å²) in [5, 5.41) is 12.8. The molecule has 0 aliphatic heterocycles. The maximum atomic E-state index is 14.4. The number of carboxylic acids is 1. The topological polar surface area (TPSA) is 64.3 Å². The number of rotatable bonds is 4. The van der Waals surface area contributed by atoms with E-state index in [0.29, 0.717) is 15.7 Å². The number of ether oxygens (including phenoxy) is 1. The molecule has 20 heavy (non-hydrogen) atoms. The van der Waals surface area contributed by atoms with Gasteiger partial charge in [0.1, 0.15) is 5.82 Å². The molecule has 0 unspecified atom stereocenters. The van der Waals surface area contributed by atoms with Crippen LogP contribution in [0.5, 0.6) is 0 Å². The smallest absolute Gasteiger partial charge is 0.356 e. The minimum absolute atomic E-state index is 0.127. The van der Waals surface area contributed by atoms with Gasteiger partial charge in [-0.1, -0.05) is 15.9 Å². The number of carboxylic acid groups (broad SMARTS) is 1. The third-order valence-corrected chi connectivity index (χ3v) is 3.25. The number of methoxy groups -OCH3 is 1. The van der Waals surface area contributed by atoms with Crippen LogP contribution in [0.1, 0.15) is 16.1 Å². The predicted octanol–water partition coefficient (Wildman–Crippen LogP) is 2.83. The molecule has 7 heteroatoms. The summed E-state index contributed by atoms with van der Waals surface area (Å²) in [6, 6.07) is 4.54. The average Bonchev–Trinajstić information content (AvgIpc) is 2.76. The molecular formula is C13H12BrFN2O3. The Labute approximate surface area is 123 Å². The van der Waals surface area contributed by atoms with Gasteiger partial charge in [-0.25, -0.2) is 9.18 Å². The maximum Gasteiger partial charge on any atom is 0.356 e. The van der Waals surface area contributed by atoms with Crippen LogP contribution in [-0.4, -0.2) is 28.0 Å². The molecule has 0 radical (unpaired) electrons. The van der Waals surface area contributed by atoms with Crippen LogP contribution in [0.25, 0.3) is 11.3 Å². The summed E-state index contributed by atoms with van der Waals surface area (Å²) in [6.45, 7) is 0.127. The molecule has 1 aromatic carbocycles. The van der Waals surface area contributed by atoms with Gasteiger partial charge in [-0.3, -0.25) is 4.68 Å². The van der Waals surface area contributed by atoms with E-state index in [-0.39, 0.29) is 17.9 Å². The highest BCUT2D eigenvalue weighted by Gasteiger charge is 2.18. The minimum Gasteiger partial charge on any atom is -0.476 e. The molecule has 1 N–H and O–H groups in total. The number of benzene rings is 1. The number of carbonyl (C=O) groups is 1. The first-order valence-corrected chi connectivity index (χ1v) is 6.48. The van der Waals surface area contributed by atoms with E-state index in [1.165, 1.54) is 17.9 Å². The Hall–Kier alpha value is -1.73. The Bertz CT molecular complexity index is 670. The van der Waals surface area contributed by atoms with Crippen molar-refractivity contribution >= 4 is 21.9 Å². The molecule has 0 bridgehead atoms. The van der Waals surface area contributed by atoms with E-state index >= 15 is 0 Å². The molecule has 1 heterocycles. The number of hydrogen-bond donors (Lipinski definition) is 1. The van der Waals surface area contributed by atoms with Crippen molar-refractivity contribution in [3.05, 3.63) is 39.7 Å². The van der Waals surface area contributed by atoms with Gasteiger partial charge in [0.25, 0.3) is 0 Å². The summed E-state index contributed by atoms with van der Waals surface area (Å²) >= 11 is 3.31. The van der Waals surface area contributed by atoms with Crippen molar-refractivity contribution in [3.63, 3.8) is 0 Å². The summed E-state index contributed by atoms with van der Waals surface area (Å²) in [7, 11) is 3.05. The fourth-order valence-electron chi connectivity index (χ4n) is 1.92. The minimum atomic E-state index is -1.15. The Morgan fingerprint density at radius 3 is 2.75 bits per heavy atom. The van der Waals surface area contributed by atoms with E-state index in [1.54, 1.807) is 19.2 Å². The second-order valence-corrected chi connectivity index (χ2v) is 5.12. The molecule has 1 aromatic heterocycles. The van der Waals surface area contributed by atoms with Crippen LogP contribution in [0, 0.1) is 5.82 Å². The van der Waals surface area contributed by atoms with E-state index in [9.17, 15) is 9.18 Å². The zero-order valence-corrected chi connectivity index (χ0v) is 12.4. The van der Waals surface area contributed by atoms with Gasteiger partial charge in [0, 0.05) is 29.8 Å². The summed E-state index contributed by atoms with van der Waals surface area (Å²) in [4.78, 5) is 10.9. The van der Waals surface area contributed by atoms with E-state index in [1.807, 2.05) is 0 Å². The number of aromatic carboxylic acids is 1. The van der Waals surface area contributed by atoms with Gasteiger partial charge < -0.3 is 9.84 Å². The number of hydrogen-bond acceptors (Lipinski definition) is 3. The van der Waals surface area contributed by atoms with Crippen molar-refractivity contribution in [2.24, 2.45) is 7.05 Å². The van der Waals surface area contributed by atoms with Crippen LogP contribution in [0.3, 0.4) is 0 Å². The van der Waals surface area contributed by atoms with Crippen LogP contribution in [0.15, 0.2) is 22.7 Å². The van der Waals surface area contributed by atoms with Crippen LogP contribution in [0.2, 0.25) is 0 Å². The second kappa shape index (κ2) is 5.72. The first-order chi connectivity index (χ1) is 9.43. The lowest BCUT2D eigenvalue weighted by atomic mass is 10.1. The summed E-state index contributed by atoms with van der Waals surface area (Å²) in [5.41, 5.74) is 0.914. The highest BCUT2D eigenvalue weighted by Crippen LogP contribution is 2.29. The Kier molecular flexibility index (Phi) is 4.20. The van der Waals surface area contributed by atoms with Crippen molar-refractivity contribution in [2.75, 3.05) is 7.11 Å². The lowest BCUT2D eigenvalue weighted by molar-refractivity contribution is 0.0689. The molecule has 2 aromatic rings. The van der Waals surface area contributed by atoms with Crippen molar-refractivity contribution < 1.29 is 19.0 Å². The van der Waals surface area contributed by atoms with Crippen molar-refractivity contribution in [1.29, 1.82) is 0 Å². The normalized spacial score (nSPS) is 10.8. The zero-order chi connectivity index (χ0) is 14.9. The Balaban J connectivity index is 2.60. The summed E-state index contributed by atoms with van der Waals surface area (Å²) in [5.74, 6) is -1.60. The highest BCUT2D eigenvalue weighted by atomic mass is 79.9. The molecule has 0 fully saturated rings. The molecule has 106 valence electrons. The van der Waals surface area contributed by atoms with Crippen LogP contribution >= 0.6 is 15.9 Å². The number of aryl methyl sites for hydroxylation is 1. The fraction of sp³-hybridized carbons (Fsp3) is 0.231. The third kappa shape index (κ3) is 2.73. The lowest BCUT2D eigenvalue weighted by Crippen LogP contribution is -2.01. The maximum absolute atomic E-state index is 14.4. The van der Waals surface area contributed by atoms with E-state index in [2.05, 4.69) is 21.0 Å². The largest absolute Gasteiger partial charge is 0.476 e. The molecule has 0 spiro atoms. The molecule has 5 nitrogen and oxygen atoms in total. The van der Waals surface area contributed by atoms with Gasteiger partial charge in [0.2, 0.25) is 0 Å². The molecular weight excluding hydrogens is 331 g/mol. The quantitative estimate of drug-likeness (QED) is 0.927. The Morgan fingerprint density at radius 1 is 1.50 bits per heavy atom. The first-order valence-electron chi connectivity index (χ1n) is 5.68. The third-order valence-electron chi connectivity index (χ3n) is 2.79. The molecule has 0 aliphatic carbocycles. The van der Waals surface area contributed by atoms with Gasteiger partial charge in [-0.05, 0) is 18.2 Å². The monoisotopic (exact) mass is 342 g/mol. The number of halogens is 2. The van der Waals surface area contributed by atoms with E-state index in [4.69, 9.17) is 9.84 Å². The van der Waals surface area contributed by atoms with Crippen LogP contribution < -0.4 is 0 Å². The van der Waals surface area contributed by atoms with Crippen molar-refractivity contribution in [1.82, 2.24) is 9.78 Å². The molecule has 0 atom stereocenters. The number of nitrogens with zero attached hydrogens (tertiary/aromatic N) is 2. The van der Waals surface area contributed by atoms with Gasteiger partial charge >= 0.3 is 5.97 Å². The van der Waals surface area contributed by atoms with Crippen molar-refractivity contribution in [2.45, 2.75) is 6.61 Å². The van der Waals surface area contributed by atoms with Crippen LogP contribution in [0.4, 0.5) is 4.39 Å². The SMILES string of the molecule is COCc1cc(Br)cc(-c2cc(C(=O)O)nn2C)c1F. The van der Waals surface area contributed by atoms with Gasteiger partial charge in [0.15, 0.2) is 5.69 Å². The summed E-state index contributed by atoms with van der Waals surface area (Å²) in [6.07, 6.45) is 0. The number of aromatic nitrogens is 2. The average molecular weight is 343 g/mol. The first kappa shape index (κ1) is 14.7. The van der Waals surface area contributed by atoms with Gasteiger partial charge in [0.05, 0.1) is 12.3 Å². The van der Waals surface area contributed by atoms with E-state index in [0.717, 1.165) is 0 Å². The molecule has 2 rings (SSSR count). The predicted molar refractivity (Wildman–Crippen MR) is 74.0 cm³/mol. The van der Waals surface area contributed by atoms with Crippen LogP contribution in [-0.2, 0) is 18.4 Å². The van der Waals surface area contributed by atoms with E-state index < -0.39 is 11.8 Å². The lowest BCUT2D eigenvalue weighted by Gasteiger charge is -2.09. The zero-order valence-electron chi connectivity index (χ0n) is 10.9. The van der Waals surface area contributed by atoms with Gasteiger partial charge in [-0.15, -0.1) is 0 Å². The molecule has 0 aliphatic rings. The fourth-order valence-corrected chi connectivity index (χ4v) is 2.42. The standard InChI is InChI=1S/C13H12BrFN2O3/c1-17-11(5-10(16-17)13(18)19)9-4-8(14)3-7(6-20-2)12(9)15/h3-5H,6H2,1-2H3,(H,18,19). The second-order valence-electron chi connectivity index (χ2n) is 4.20. The highest BCUT2D eigenvalue weighted by molar-refractivity contribution is 9.10. The molecule has 0 amide bonds. The molecule has 0 saturated heterocycles. The van der Waals surface area contributed by atoms with Crippen molar-refractivity contribution in [3.8, 4) is 11.3 Å². The van der Waals surface area contributed by atoms with Gasteiger partial charge in [-0.2, -0.15) is 5.10 Å². The summed E-state index contributed by atoms with van der Waals surface area (Å²) < 4.78 is 21.4. The Morgan fingerprint density at radius 2 is 2.20 bits per heavy atom.